The summed E-state index contributed by atoms with van der Waals surface area (Å²) < 4.78 is 78.5. The molecule has 0 saturated heterocycles. The second kappa shape index (κ2) is 11.6. The third-order valence-corrected chi connectivity index (χ3v) is 5.48. The normalized spacial score (nSPS) is 12.1. The Bertz CT molecular complexity index is 1360. The molecule has 0 bridgehead atoms. The van der Waals surface area contributed by atoms with Gasteiger partial charge in [0.2, 0.25) is 17.7 Å². The first-order chi connectivity index (χ1) is 17.8. The van der Waals surface area contributed by atoms with Crippen LogP contribution in [0.2, 0.25) is 0 Å². The van der Waals surface area contributed by atoms with Gasteiger partial charge in [0.15, 0.2) is 22.3 Å². The van der Waals surface area contributed by atoms with Crippen LogP contribution in [0.5, 0.6) is 5.75 Å². The van der Waals surface area contributed by atoms with E-state index in [4.69, 9.17) is 14.9 Å². The Morgan fingerprint density at radius 2 is 1.76 bits per heavy atom. The lowest BCUT2D eigenvalue weighted by molar-refractivity contribution is -0.137. The zero-order chi connectivity index (χ0) is 28.2. The fraction of sp³-hybridized carbons (Fsp3) is 0.217. The number of oxazole rings is 1. The van der Waals surface area contributed by atoms with Gasteiger partial charge in [-0.05, 0) is 40.2 Å². The molecule has 0 radical (unpaired) electrons. The van der Waals surface area contributed by atoms with Gasteiger partial charge >= 0.3 is 6.18 Å². The molecule has 3 amide bonds. The van der Waals surface area contributed by atoms with E-state index in [1.807, 2.05) is 0 Å². The van der Waals surface area contributed by atoms with Gasteiger partial charge in [0, 0.05) is 25.3 Å². The van der Waals surface area contributed by atoms with Gasteiger partial charge < -0.3 is 14.9 Å². The zero-order valence-corrected chi connectivity index (χ0v) is 20.9. The second-order valence-corrected chi connectivity index (χ2v) is 8.44. The van der Waals surface area contributed by atoms with Gasteiger partial charge in [-0.2, -0.15) is 13.2 Å². The molecule has 3 rings (SSSR count). The van der Waals surface area contributed by atoms with Crippen molar-refractivity contribution in [1.29, 1.82) is 0 Å². The topological polar surface area (TPSA) is 137 Å². The van der Waals surface area contributed by atoms with Crippen molar-refractivity contribution in [3.63, 3.8) is 0 Å². The Hall–Kier alpha value is -4.01. The monoisotopic (exact) mass is 604 g/mol. The van der Waals surface area contributed by atoms with Gasteiger partial charge in [-0.3, -0.25) is 25.2 Å². The third kappa shape index (κ3) is 6.85. The van der Waals surface area contributed by atoms with E-state index < -0.39 is 58.5 Å². The van der Waals surface area contributed by atoms with Crippen LogP contribution in [0.3, 0.4) is 0 Å². The van der Waals surface area contributed by atoms with E-state index in [2.05, 4.69) is 31.8 Å². The number of ether oxygens (including phenoxy) is 1. The first-order valence-electron chi connectivity index (χ1n) is 10.6. The van der Waals surface area contributed by atoms with Crippen molar-refractivity contribution in [3.8, 4) is 17.0 Å². The van der Waals surface area contributed by atoms with E-state index in [0.717, 1.165) is 43.3 Å². The highest BCUT2D eigenvalue weighted by atomic mass is 79.9. The van der Waals surface area contributed by atoms with Crippen molar-refractivity contribution in [3.05, 3.63) is 69.7 Å². The van der Waals surface area contributed by atoms with Crippen LogP contribution in [0, 0.1) is 11.6 Å². The Balaban J connectivity index is 1.95. The van der Waals surface area contributed by atoms with Crippen LogP contribution in [0.15, 0.2) is 45.5 Å². The summed E-state index contributed by atoms with van der Waals surface area (Å²) in [4.78, 5) is 38.8. The summed E-state index contributed by atoms with van der Waals surface area (Å²) in [6, 6.07) is 5.63. The Kier molecular flexibility index (Phi) is 8.70. The second-order valence-electron chi connectivity index (χ2n) is 7.72. The van der Waals surface area contributed by atoms with Crippen molar-refractivity contribution < 1.29 is 45.5 Å². The van der Waals surface area contributed by atoms with Crippen LogP contribution in [0.1, 0.15) is 47.7 Å². The molecule has 1 heterocycles. The number of benzene rings is 2. The van der Waals surface area contributed by atoms with Gasteiger partial charge in [-0.25, -0.2) is 13.8 Å². The van der Waals surface area contributed by atoms with E-state index in [1.54, 1.807) is 0 Å². The van der Waals surface area contributed by atoms with Crippen molar-refractivity contribution in [2.24, 2.45) is 5.73 Å². The molecular weight excluding hydrogens is 587 g/mol. The minimum atomic E-state index is -4.55. The number of nitrogens with two attached hydrogens (primary N) is 1. The minimum absolute atomic E-state index is 0.0130. The number of aromatic nitrogens is 1. The molecule has 202 valence electrons. The lowest BCUT2D eigenvalue weighted by Gasteiger charge is -2.17. The first-order valence-corrected chi connectivity index (χ1v) is 11.4. The minimum Gasteiger partial charge on any atom is -0.478 e. The highest BCUT2D eigenvalue weighted by Crippen LogP contribution is 2.36. The smallest absolute Gasteiger partial charge is 0.416 e. The number of nitrogens with one attached hydrogen (secondary N) is 2. The van der Waals surface area contributed by atoms with Crippen molar-refractivity contribution in [1.82, 2.24) is 15.8 Å². The van der Waals surface area contributed by atoms with Crippen molar-refractivity contribution >= 4 is 33.7 Å². The predicted octanol–water partition coefficient (Wildman–Crippen LogP) is 4.57. The van der Waals surface area contributed by atoms with Crippen LogP contribution in [0.4, 0.5) is 22.0 Å². The number of halogens is 6. The molecular formula is C23H18BrF5N4O5. The van der Waals surface area contributed by atoms with Gasteiger partial charge in [-0.15, -0.1) is 0 Å². The fourth-order valence-corrected chi connectivity index (χ4v) is 3.65. The fourth-order valence-electron chi connectivity index (χ4n) is 3.17. The van der Waals surface area contributed by atoms with Gasteiger partial charge in [0.1, 0.15) is 17.1 Å². The SMILES string of the molecule is CC(=O)NNC(=O)CCC(Oc1ccc(F)c(C(N)=O)c1F)c1nc(-c2ccc(C(F)(F)F)cc2)c(Br)o1. The number of nitrogens with zero attached hydrogens (tertiary/aromatic N) is 1. The summed E-state index contributed by atoms with van der Waals surface area (Å²) in [6.07, 6.45) is -6.41. The number of hydrogen-bond donors (Lipinski definition) is 3. The number of primary amides is 1. The molecule has 0 fully saturated rings. The van der Waals surface area contributed by atoms with Crippen LogP contribution in [-0.2, 0) is 15.8 Å². The summed E-state index contributed by atoms with van der Waals surface area (Å²) >= 11 is 3.12. The van der Waals surface area contributed by atoms with Crippen LogP contribution in [-0.4, -0.2) is 22.7 Å². The largest absolute Gasteiger partial charge is 0.478 e. The number of hydrogen-bond acceptors (Lipinski definition) is 6. The summed E-state index contributed by atoms with van der Waals surface area (Å²) in [6.45, 7) is 1.16. The van der Waals surface area contributed by atoms with E-state index >= 15 is 0 Å². The highest BCUT2D eigenvalue weighted by molar-refractivity contribution is 9.10. The van der Waals surface area contributed by atoms with Gasteiger partial charge in [0.25, 0.3) is 5.91 Å². The summed E-state index contributed by atoms with van der Waals surface area (Å²) in [5, 5.41) is 0. The summed E-state index contributed by atoms with van der Waals surface area (Å²) in [5.74, 6) is -6.08. The molecule has 0 aliphatic rings. The predicted molar refractivity (Wildman–Crippen MR) is 124 cm³/mol. The molecule has 4 N–H and O–H groups in total. The summed E-state index contributed by atoms with van der Waals surface area (Å²) in [7, 11) is 0. The van der Waals surface area contributed by atoms with Crippen molar-refractivity contribution in [2.45, 2.75) is 32.0 Å². The van der Waals surface area contributed by atoms with E-state index in [1.165, 1.54) is 0 Å². The molecule has 1 unspecified atom stereocenters. The standard InChI is InChI=1S/C23H18BrF5N4O5/c1-10(34)32-33-16(35)9-8-15(37-14-7-6-13(25)17(18(14)26)21(30)36)22-31-19(20(24)38-22)11-2-4-12(5-3-11)23(27,28)29/h2-7,15H,8-9H2,1H3,(H2,30,36)(H,32,34)(H,33,35). The molecule has 0 spiro atoms. The zero-order valence-electron chi connectivity index (χ0n) is 19.3. The quantitative estimate of drug-likeness (QED) is 0.254. The number of alkyl halides is 3. The third-order valence-electron chi connectivity index (χ3n) is 4.95. The molecule has 3 aromatic rings. The Morgan fingerprint density at radius 3 is 2.34 bits per heavy atom. The van der Waals surface area contributed by atoms with Crippen LogP contribution >= 0.6 is 15.9 Å². The number of amides is 3. The lowest BCUT2D eigenvalue weighted by Crippen LogP contribution is -2.40. The molecule has 1 aromatic heterocycles. The highest BCUT2D eigenvalue weighted by Gasteiger charge is 2.31. The maximum Gasteiger partial charge on any atom is 0.416 e. The number of carbonyl (C=O) groups is 3. The Labute approximate surface area is 219 Å². The molecule has 0 saturated carbocycles. The lowest BCUT2D eigenvalue weighted by atomic mass is 10.1. The molecule has 0 aliphatic carbocycles. The molecule has 15 heteroatoms. The van der Waals surface area contributed by atoms with Gasteiger partial charge in [-0.1, -0.05) is 12.1 Å². The molecule has 2 aromatic carbocycles. The maximum absolute atomic E-state index is 14.8. The summed E-state index contributed by atoms with van der Waals surface area (Å²) in [5.41, 5.74) is 7.61. The Morgan fingerprint density at radius 1 is 1.11 bits per heavy atom. The van der Waals surface area contributed by atoms with E-state index in [9.17, 15) is 36.3 Å². The van der Waals surface area contributed by atoms with Gasteiger partial charge in [0.05, 0.1) is 5.56 Å². The molecule has 1 atom stereocenters. The number of carbonyl (C=O) groups excluding carboxylic acids is 3. The number of rotatable bonds is 8. The van der Waals surface area contributed by atoms with Crippen molar-refractivity contribution in [2.75, 3.05) is 0 Å². The average molecular weight is 605 g/mol. The maximum atomic E-state index is 14.8. The van der Waals surface area contributed by atoms with Crippen LogP contribution in [0.25, 0.3) is 11.3 Å². The van der Waals surface area contributed by atoms with E-state index in [-0.39, 0.29) is 34.7 Å². The molecule has 38 heavy (non-hydrogen) atoms. The van der Waals surface area contributed by atoms with E-state index in [0.29, 0.717) is 0 Å². The first kappa shape index (κ1) is 28.6. The average Bonchev–Trinajstić information content (AvgIpc) is 3.22. The number of hydrazine groups is 1. The van der Waals surface area contributed by atoms with Crippen LogP contribution < -0.4 is 21.3 Å². The molecule has 0 aliphatic heterocycles. The molecule has 9 nitrogen and oxygen atoms in total.